The van der Waals surface area contributed by atoms with E-state index in [1.54, 1.807) is 17.5 Å². The molecule has 7 nitrogen and oxygen atoms in total. The van der Waals surface area contributed by atoms with Gasteiger partial charge in [0.25, 0.3) is 5.91 Å². The molecule has 0 unspecified atom stereocenters. The summed E-state index contributed by atoms with van der Waals surface area (Å²) >= 11 is 1.59. The molecule has 3 aromatic heterocycles. The monoisotopic (exact) mass is 328 g/mol. The van der Waals surface area contributed by atoms with Gasteiger partial charge in [-0.25, -0.2) is 4.98 Å². The number of nitrogens with zero attached hydrogens (tertiary/aromatic N) is 6. The minimum Gasteiger partial charge on any atom is -0.343 e. The molecule has 4 rings (SSSR count). The number of hydrogen-bond acceptors (Lipinski definition) is 6. The fourth-order valence-corrected chi connectivity index (χ4v) is 3.45. The smallest absolute Gasteiger partial charge is 0.274 e. The van der Waals surface area contributed by atoms with Crippen molar-refractivity contribution in [2.24, 2.45) is 0 Å². The fourth-order valence-electron chi connectivity index (χ4n) is 2.71. The zero-order valence-electron chi connectivity index (χ0n) is 12.7. The van der Waals surface area contributed by atoms with Gasteiger partial charge >= 0.3 is 0 Å². The van der Waals surface area contributed by atoms with E-state index in [2.05, 4.69) is 20.1 Å². The first-order valence-electron chi connectivity index (χ1n) is 7.49. The number of aryl methyl sites for hydroxylation is 1. The molecule has 23 heavy (non-hydrogen) atoms. The average Bonchev–Trinajstić information content (AvgIpc) is 3.20. The SMILES string of the molecule is Cc1nnc(N2CCN(C(=O)c3cn4ccccc4n3)CC2)s1. The fraction of sp³-hybridized carbons (Fsp3) is 0.333. The predicted octanol–water partition coefficient (Wildman–Crippen LogP) is 1.46. The highest BCUT2D eigenvalue weighted by Crippen LogP contribution is 2.21. The summed E-state index contributed by atoms with van der Waals surface area (Å²) in [5, 5.41) is 10.1. The molecule has 0 N–H and O–H groups in total. The lowest BCUT2D eigenvalue weighted by Crippen LogP contribution is -2.48. The average molecular weight is 328 g/mol. The highest BCUT2D eigenvalue weighted by molar-refractivity contribution is 7.15. The normalized spacial score (nSPS) is 15.3. The van der Waals surface area contributed by atoms with E-state index in [9.17, 15) is 4.79 Å². The number of fused-ring (bicyclic) bond motifs is 1. The predicted molar refractivity (Wildman–Crippen MR) is 88.0 cm³/mol. The lowest BCUT2D eigenvalue weighted by Gasteiger charge is -2.33. The maximum Gasteiger partial charge on any atom is 0.274 e. The van der Waals surface area contributed by atoms with Crippen LogP contribution in [0.1, 0.15) is 15.5 Å². The van der Waals surface area contributed by atoms with Crippen LogP contribution < -0.4 is 4.90 Å². The molecule has 1 aliphatic heterocycles. The van der Waals surface area contributed by atoms with Crippen molar-refractivity contribution < 1.29 is 4.79 Å². The van der Waals surface area contributed by atoms with Gasteiger partial charge in [-0.2, -0.15) is 0 Å². The van der Waals surface area contributed by atoms with Crippen LogP contribution in [0, 0.1) is 6.92 Å². The van der Waals surface area contributed by atoms with Crippen molar-refractivity contribution in [2.75, 3.05) is 31.1 Å². The van der Waals surface area contributed by atoms with Crippen molar-refractivity contribution in [3.63, 3.8) is 0 Å². The minimum absolute atomic E-state index is 0.0122. The Labute approximate surface area is 137 Å². The summed E-state index contributed by atoms with van der Waals surface area (Å²) in [5.74, 6) is -0.0122. The Kier molecular flexibility index (Phi) is 3.45. The summed E-state index contributed by atoms with van der Waals surface area (Å²) in [4.78, 5) is 21.1. The van der Waals surface area contributed by atoms with Crippen molar-refractivity contribution in [3.8, 4) is 0 Å². The molecule has 0 spiro atoms. The van der Waals surface area contributed by atoms with Crippen LogP contribution in [0.4, 0.5) is 5.13 Å². The molecule has 1 amide bonds. The number of carbonyl (C=O) groups is 1. The molecule has 0 aromatic carbocycles. The first-order chi connectivity index (χ1) is 11.2. The van der Waals surface area contributed by atoms with Crippen LogP contribution in [-0.4, -0.2) is 56.6 Å². The number of anilines is 1. The lowest BCUT2D eigenvalue weighted by atomic mass is 10.3. The van der Waals surface area contributed by atoms with Gasteiger partial charge in [0.2, 0.25) is 5.13 Å². The Balaban J connectivity index is 1.46. The maximum atomic E-state index is 12.6. The van der Waals surface area contributed by atoms with Crippen LogP contribution >= 0.6 is 11.3 Å². The zero-order valence-corrected chi connectivity index (χ0v) is 13.5. The topological polar surface area (TPSA) is 66.6 Å². The van der Waals surface area contributed by atoms with Crippen LogP contribution in [0.15, 0.2) is 30.6 Å². The summed E-state index contributed by atoms with van der Waals surface area (Å²) in [6, 6.07) is 5.73. The summed E-state index contributed by atoms with van der Waals surface area (Å²) in [6.07, 6.45) is 3.69. The number of pyridine rings is 1. The molecule has 1 fully saturated rings. The Hall–Kier alpha value is -2.48. The van der Waals surface area contributed by atoms with Gasteiger partial charge in [0.05, 0.1) is 0 Å². The van der Waals surface area contributed by atoms with E-state index in [-0.39, 0.29) is 5.91 Å². The molecular weight excluding hydrogens is 312 g/mol. The summed E-state index contributed by atoms with van der Waals surface area (Å²) in [7, 11) is 0. The molecule has 8 heteroatoms. The molecule has 0 saturated carbocycles. The van der Waals surface area contributed by atoms with E-state index in [4.69, 9.17) is 0 Å². The molecule has 4 heterocycles. The lowest BCUT2D eigenvalue weighted by molar-refractivity contribution is 0.0741. The second-order valence-corrected chi connectivity index (χ2v) is 6.64. The standard InChI is InChI=1S/C15H16N6OS/c1-11-17-18-15(23-11)20-8-6-19(7-9-20)14(22)12-10-21-5-3-2-4-13(21)16-12/h2-5,10H,6-9H2,1H3. The zero-order chi connectivity index (χ0) is 15.8. The third kappa shape index (κ3) is 2.65. The van der Waals surface area contributed by atoms with E-state index in [1.807, 2.05) is 40.6 Å². The van der Waals surface area contributed by atoms with Crippen LogP contribution in [0.2, 0.25) is 0 Å². The van der Waals surface area contributed by atoms with Crippen LogP contribution in [0.25, 0.3) is 5.65 Å². The summed E-state index contributed by atoms with van der Waals surface area (Å²) in [6.45, 7) is 4.84. The molecule has 0 bridgehead atoms. The van der Waals surface area contributed by atoms with Gasteiger partial charge in [-0.3, -0.25) is 4.79 Å². The maximum absolute atomic E-state index is 12.6. The Bertz CT molecular complexity index is 815. The van der Waals surface area contributed by atoms with E-state index < -0.39 is 0 Å². The second kappa shape index (κ2) is 5.62. The molecule has 1 aliphatic rings. The van der Waals surface area contributed by atoms with Crippen LogP contribution in [0.5, 0.6) is 0 Å². The Morgan fingerprint density at radius 3 is 2.70 bits per heavy atom. The van der Waals surface area contributed by atoms with Gasteiger partial charge in [0.15, 0.2) is 0 Å². The largest absolute Gasteiger partial charge is 0.343 e. The molecule has 0 radical (unpaired) electrons. The first kappa shape index (κ1) is 14.1. The van der Waals surface area contributed by atoms with Gasteiger partial charge in [-0.05, 0) is 19.1 Å². The molecule has 118 valence electrons. The molecule has 3 aromatic rings. The van der Waals surface area contributed by atoms with E-state index >= 15 is 0 Å². The van der Waals surface area contributed by atoms with Gasteiger partial charge in [-0.15, -0.1) is 10.2 Å². The Morgan fingerprint density at radius 1 is 1.17 bits per heavy atom. The van der Waals surface area contributed by atoms with Gasteiger partial charge in [0, 0.05) is 38.6 Å². The number of carbonyl (C=O) groups excluding carboxylic acids is 1. The van der Waals surface area contributed by atoms with E-state index in [0.29, 0.717) is 18.8 Å². The molecule has 0 atom stereocenters. The third-order valence-electron chi connectivity index (χ3n) is 3.94. The number of hydrogen-bond donors (Lipinski definition) is 0. The van der Waals surface area contributed by atoms with Crippen molar-refractivity contribution in [1.82, 2.24) is 24.5 Å². The highest BCUT2D eigenvalue weighted by Gasteiger charge is 2.25. The van der Waals surface area contributed by atoms with E-state index in [0.717, 1.165) is 28.9 Å². The third-order valence-corrected chi connectivity index (χ3v) is 4.84. The minimum atomic E-state index is -0.0122. The molecular formula is C15H16N6OS. The number of aromatic nitrogens is 4. The molecule has 1 saturated heterocycles. The number of amides is 1. The van der Waals surface area contributed by atoms with Crippen LogP contribution in [-0.2, 0) is 0 Å². The Morgan fingerprint density at radius 2 is 2.00 bits per heavy atom. The van der Waals surface area contributed by atoms with E-state index in [1.165, 1.54) is 0 Å². The number of piperazine rings is 1. The second-order valence-electron chi connectivity index (χ2n) is 5.48. The van der Waals surface area contributed by atoms with Crippen LogP contribution in [0.3, 0.4) is 0 Å². The highest BCUT2D eigenvalue weighted by atomic mass is 32.1. The van der Waals surface area contributed by atoms with Crippen molar-refractivity contribution in [2.45, 2.75) is 6.92 Å². The van der Waals surface area contributed by atoms with Crippen molar-refractivity contribution in [1.29, 1.82) is 0 Å². The first-order valence-corrected chi connectivity index (χ1v) is 8.30. The van der Waals surface area contributed by atoms with Crippen molar-refractivity contribution >= 4 is 28.0 Å². The quantitative estimate of drug-likeness (QED) is 0.712. The number of imidazole rings is 1. The summed E-state index contributed by atoms with van der Waals surface area (Å²) in [5.41, 5.74) is 1.29. The van der Waals surface area contributed by atoms with Crippen molar-refractivity contribution in [3.05, 3.63) is 41.3 Å². The summed E-state index contributed by atoms with van der Waals surface area (Å²) < 4.78 is 1.87. The molecule has 0 aliphatic carbocycles. The number of rotatable bonds is 2. The van der Waals surface area contributed by atoms with Gasteiger partial charge in [0.1, 0.15) is 16.3 Å². The van der Waals surface area contributed by atoms with Gasteiger partial charge < -0.3 is 14.2 Å². The van der Waals surface area contributed by atoms with Gasteiger partial charge in [-0.1, -0.05) is 17.4 Å².